The predicted molar refractivity (Wildman–Crippen MR) is 85.5 cm³/mol. The molecule has 0 saturated heterocycles. The van der Waals surface area contributed by atoms with E-state index in [0.29, 0.717) is 18.0 Å². The summed E-state index contributed by atoms with van der Waals surface area (Å²) in [5.41, 5.74) is 5.94. The van der Waals surface area contributed by atoms with Crippen molar-refractivity contribution in [1.29, 1.82) is 0 Å². The number of nitrogens with zero attached hydrogens (tertiary/aromatic N) is 1. The van der Waals surface area contributed by atoms with E-state index in [1.807, 2.05) is 0 Å². The highest BCUT2D eigenvalue weighted by atomic mass is 16.2. The molecule has 1 atom stereocenters. The second kappa shape index (κ2) is 9.38. The van der Waals surface area contributed by atoms with Crippen molar-refractivity contribution in [1.82, 2.24) is 4.90 Å². The van der Waals surface area contributed by atoms with Crippen LogP contribution in [0.2, 0.25) is 0 Å². The quantitative estimate of drug-likeness (QED) is 0.737. The largest absolute Gasteiger partial charge is 0.340 e. The van der Waals surface area contributed by atoms with Crippen molar-refractivity contribution in [3.8, 4) is 0 Å². The molecule has 0 aromatic rings. The topological polar surface area (TPSA) is 46.3 Å². The molecule has 1 amide bonds. The molecule has 118 valence electrons. The van der Waals surface area contributed by atoms with Crippen LogP contribution in [0.5, 0.6) is 0 Å². The Kier molecular flexibility index (Phi) is 8.20. The fraction of sp³-hybridized carbons (Fsp3) is 0.941. The minimum Gasteiger partial charge on any atom is -0.340 e. The average molecular weight is 282 g/mol. The summed E-state index contributed by atoms with van der Waals surface area (Å²) in [5.74, 6) is 1.09. The van der Waals surface area contributed by atoms with E-state index in [0.717, 1.165) is 57.4 Å². The maximum atomic E-state index is 12.5. The molecule has 3 nitrogen and oxygen atoms in total. The molecule has 0 spiro atoms. The van der Waals surface area contributed by atoms with Gasteiger partial charge in [0.15, 0.2) is 0 Å². The molecule has 0 aliphatic heterocycles. The van der Waals surface area contributed by atoms with Gasteiger partial charge in [-0.15, -0.1) is 0 Å². The van der Waals surface area contributed by atoms with Gasteiger partial charge >= 0.3 is 0 Å². The Hall–Kier alpha value is -0.570. The van der Waals surface area contributed by atoms with Crippen LogP contribution in [0.3, 0.4) is 0 Å². The van der Waals surface area contributed by atoms with Gasteiger partial charge < -0.3 is 10.6 Å². The van der Waals surface area contributed by atoms with Crippen molar-refractivity contribution in [2.45, 2.75) is 90.6 Å². The van der Waals surface area contributed by atoms with E-state index in [9.17, 15) is 4.79 Å². The Morgan fingerprint density at radius 3 is 2.45 bits per heavy atom. The van der Waals surface area contributed by atoms with Gasteiger partial charge in [-0.1, -0.05) is 20.3 Å². The van der Waals surface area contributed by atoms with Crippen molar-refractivity contribution >= 4 is 5.91 Å². The first kappa shape index (κ1) is 17.5. The van der Waals surface area contributed by atoms with E-state index in [4.69, 9.17) is 5.73 Å². The standard InChI is InChI=1S/C17H34N2O/c1-4-6-13-19(14(3)5-2)17(20)12-9-15-7-10-16(18)11-8-15/h14-16H,4-13,18H2,1-3H3. The molecular weight excluding hydrogens is 248 g/mol. The Morgan fingerprint density at radius 1 is 1.25 bits per heavy atom. The second-order valence-electron chi connectivity index (χ2n) is 6.52. The summed E-state index contributed by atoms with van der Waals surface area (Å²) in [6.07, 6.45) is 9.83. The molecule has 1 aliphatic carbocycles. The van der Waals surface area contributed by atoms with E-state index in [2.05, 4.69) is 25.7 Å². The summed E-state index contributed by atoms with van der Waals surface area (Å²) in [4.78, 5) is 14.6. The number of nitrogens with two attached hydrogens (primary N) is 1. The summed E-state index contributed by atoms with van der Waals surface area (Å²) >= 11 is 0. The van der Waals surface area contributed by atoms with Crippen LogP contribution in [0, 0.1) is 5.92 Å². The first-order valence-electron chi connectivity index (χ1n) is 8.63. The number of unbranched alkanes of at least 4 members (excludes halogenated alkanes) is 1. The van der Waals surface area contributed by atoms with E-state index < -0.39 is 0 Å². The van der Waals surface area contributed by atoms with Crippen LogP contribution in [0.25, 0.3) is 0 Å². The third-order valence-corrected chi connectivity index (χ3v) is 4.85. The Bertz CT molecular complexity index is 272. The van der Waals surface area contributed by atoms with Crippen LogP contribution in [-0.2, 0) is 4.79 Å². The maximum Gasteiger partial charge on any atom is 0.222 e. The van der Waals surface area contributed by atoms with E-state index >= 15 is 0 Å². The lowest BCUT2D eigenvalue weighted by Gasteiger charge is -2.30. The molecule has 3 heteroatoms. The molecule has 0 bridgehead atoms. The molecule has 1 unspecified atom stereocenters. The zero-order valence-electron chi connectivity index (χ0n) is 13.7. The van der Waals surface area contributed by atoms with Crippen molar-refractivity contribution in [2.75, 3.05) is 6.54 Å². The Balaban J connectivity index is 2.37. The van der Waals surface area contributed by atoms with Gasteiger partial charge in [0.1, 0.15) is 0 Å². The van der Waals surface area contributed by atoms with E-state index in [1.165, 1.54) is 12.8 Å². The summed E-state index contributed by atoms with van der Waals surface area (Å²) in [5, 5.41) is 0. The number of hydrogen-bond acceptors (Lipinski definition) is 2. The monoisotopic (exact) mass is 282 g/mol. The lowest BCUT2D eigenvalue weighted by atomic mass is 9.83. The van der Waals surface area contributed by atoms with Gasteiger partial charge in [-0.25, -0.2) is 0 Å². The zero-order chi connectivity index (χ0) is 15.0. The molecule has 1 fully saturated rings. The SMILES string of the molecule is CCCCN(C(=O)CCC1CCC(N)CC1)C(C)CC. The molecule has 0 aromatic carbocycles. The first-order valence-corrected chi connectivity index (χ1v) is 8.63. The second-order valence-corrected chi connectivity index (χ2v) is 6.52. The van der Waals surface area contributed by atoms with E-state index in [-0.39, 0.29) is 0 Å². The minimum atomic E-state index is 0.364. The van der Waals surface area contributed by atoms with Gasteiger partial charge in [-0.2, -0.15) is 0 Å². The fourth-order valence-corrected chi connectivity index (χ4v) is 3.09. The van der Waals surface area contributed by atoms with Crippen LogP contribution >= 0.6 is 0 Å². The van der Waals surface area contributed by atoms with Gasteiger partial charge in [-0.3, -0.25) is 4.79 Å². The molecule has 20 heavy (non-hydrogen) atoms. The van der Waals surface area contributed by atoms with Gasteiger partial charge in [0.25, 0.3) is 0 Å². The van der Waals surface area contributed by atoms with Crippen molar-refractivity contribution < 1.29 is 4.79 Å². The molecule has 0 radical (unpaired) electrons. The molecule has 1 saturated carbocycles. The first-order chi connectivity index (χ1) is 9.58. The van der Waals surface area contributed by atoms with Crippen LogP contribution in [0.1, 0.15) is 78.6 Å². The maximum absolute atomic E-state index is 12.5. The highest BCUT2D eigenvalue weighted by Gasteiger charge is 2.22. The number of carbonyl (C=O) groups excluding carboxylic acids is 1. The van der Waals surface area contributed by atoms with Gasteiger partial charge in [0.2, 0.25) is 5.91 Å². The predicted octanol–water partition coefficient (Wildman–Crippen LogP) is 3.71. The highest BCUT2D eigenvalue weighted by Crippen LogP contribution is 2.27. The van der Waals surface area contributed by atoms with Crippen LogP contribution in [-0.4, -0.2) is 29.4 Å². The third kappa shape index (κ3) is 5.82. The van der Waals surface area contributed by atoms with Gasteiger partial charge in [0, 0.05) is 25.0 Å². The van der Waals surface area contributed by atoms with Gasteiger partial charge in [0.05, 0.1) is 0 Å². The van der Waals surface area contributed by atoms with Crippen LogP contribution in [0.4, 0.5) is 0 Å². The number of rotatable bonds is 8. The molecule has 1 rings (SSSR count). The smallest absolute Gasteiger partial charge is 0.222 e. The molecule has 2 N–H and O–H groups in total. The fourth-order valence-electron chi connectivity index (χ4n) is 3.09. The number of carbonyl (C=O) groups is 1. The van der Waals surface area contributed by atoms with Crippen LogP contribution < -0.4 is 5.73 Å². The summed E-state index contributed by atoms with van der Waals surface area (Å²) < 4.78 is 0. The zero-order valence-corrected chi connectivity index (χ0v) is 13.7. The Morgan fingerprint density at radius 2 is 1.90 bits per heavy atom. The highest BCUT2D eigenvalue weighted by molar-refractivity contribution is 5.76. The van der Waals surface area contributed by atoms with Gasteiger partial charge in [-0.05, 0) is 57.8 Å². The van der Waals surface area contributed by atoms with Crippen molar-refractivity contribution in [3.63, 3.8) is 0 Å². The summed E-state index contributed by atoms with van der Waals surface area (Å²) in [6.45, 7) is 7.46. The number of amides is 1. The van der Waals surface area contributed by atoms with E-state index in [1.54, 1.807) is 0 Å². The normalized spacial score (nSPS) is 24.4. The lowest BCUT2D eigenvalue weighted by molar-refractivity contribution is -0.133. The summed E-state index contributed by atoms with van der Waals surface area (Å²) in [6, 6.07) is 0.789. The van der Waals surface area contributed by atoms with Crippen LogP contribution in [0.15, 0.2) is 0 Å². The average Bonchev–Trinajstić information content (AvgIpc) is 2.46. The third-order valence-electron chi connectivity index (χ3n) is 4.85. The molecule has 0 aromatic heterocycles. The minimum absolute atomic E-state index is 0.364. The summed E-state index contributed by atoms with van der Waals surface area (Å²) in [7, 11) is 0. The Labute approximate surface area is 125 Å². The number of hydrogen-bond donors (Lipinski definition) is 1. The molecule has 1 aliphatic rings. The molecule has 0 heterocycles. The lowest BCUT2D eigenvalue weighted by Crippen LogP contribution is -2.39. The molecular formula is C17H34N2O. The van der Waals surface area contributed by atoms with Crippen molar-refractivity contribution in [2.24, 2.45) is 11.7 Å². The van der Waals surface area contributed by atoms with Crippen molar-refractivity contribution in [3.05, 3.63) is 0 Å².